The lowest BCUT2D eigenvalue weighted by atomic mass is 10.0. The van der Waals surface area contributed by atoms with Crippen LogP contribution in [0.15, 0.2) is 35.7 Å². The largest absolute Gasteiger partial charge is 0.497 e. The van der Waals surface area contributed by atoms with Gasteiger partial charge in [-0.15, -0.1) is 11.3 Å². The third kappa shape index (κ3) is 3.31. The van der Waals surface area contributed by atoms with Crippen LogP contribution in [0.25, 0.3) is 0 Å². The van der Waals surface area contributed by atoms with Gasteiger partial charge in [-0.05, 0) is 42.3 Å². The summed E-state index contributed by atoms with van der Waals surface area (Å²) < 4.78 is 11.1. The third-order valence-corrected chi connectivity index (χ3v) is 5.87. The van der Waals surface area contributed by atoms with E-state index in [1.165, 1.54) is 4.88 Å². The summed E-state index contributed by atoms with van der Waals surface area (Å²) in [5.74, 6) is 1.64. The number of amides is 2. The smallest absolute Gasteiger partial charge is 0.318 e. The summed E-state index contributed by atoms with van der Waals surface area (Å²) in [6.07, 6.45) is 2.88. The number of nitrogens with one attached hydrogen (secondary N) is 1. The minimum atomic E-state index is -0.00187. The van der Waals surface area contributed by atoms with Crippen molar-refractivity contribution in [2.24, 2.45) is 0 Å². The Morgan fingerprint density at radius 1 is 1.40 bits per heavy atom. The molecule has 2 unspecified atom stereocenters. The van der Waals surface area contributed by atoms with Gasteiger partial charge in [-0.25, -0.2) is 4.79 Å². The number of hydrogen-bond donors (Lipinski definition) is 1. The van der Waals surface area contributed by atoms with E-state index < -0.39 is 0 Å². The van der Waals surface area contributed by atoms with Gasteiger partial charge < -0.3 is 19.7 Å². The van der Waals surface area contributed by atoms with Crippen LogP contribution in [0, 0.1) is 0 Å². The third-order valence-electron chi connectivity index (χ3n) is 4.89. The maximum atomic E-state index is 12.8. The Hall–Kier alpha value is -2.21. The van der Waals surface area contributed by atoms with Crippen molar-refractivity contribution in [1.82, 2.24) is 10.2 Å². The number of carbonyl (C=O) groups is 1. The van der Waals surface area contributed by atoms with Crippen LogP contribution in [0.2, 0.25) is 0 Å². The van der Waals surface area contributed by atoms with Crippen molar-refractivity contribution in [3.8, 4) is 11.5 Å². The van der Waals surface area contributed by atoms with Gasteiger partial charge in [0, 0.05) is 17.5 Å². The van der Waals surface area contributed by atoms with E-state index in [0.29, 0.717) is 6.61 Å². The molecule has 132 valence electrons. The van der Waals surface area contributed by atoms with Crippen LogP contribution in [0.5, 0.6) is 11.5 Å². The Labute approximate surface area is 151 Å². The van der Waals surface area contributed by atoms with Crippen LogP contribution in [-0.4, -0.2) is 37.2 Å². The quantitative estimate of drug-likeness (QED) is 0.912. The molecule has 6 heteroatoms. The molecule has 4 rings (SSSR count). The number of ether oxygens (including phenoxy) is 2. The monoisotopic (exact) mass is 358 g/mol. The molecule has 2 aliphatic heterocycles. The SMILES string of the molecule is COc1ccc2c(c1)OCC(NC(=O)N1CCCC1c1cccs1)C2. The highest BCUT2D eigenvalue weighted by Crippen LogP contribution is 2.35. The fourth-order valence-corrected chi connectivity index (χ4v) is 4.49. The molecule has 3 heterocycles. The first kappa shape index (κ1) is 16.3. The molecule has 0 bridgehead atoms. The molecule has 1 aromatic heterocycles. The molecule has 1 N–H and O–H groups in total. The minimum Gasteiger partial charge on any atom is -0.497 e. The molecular formula is C19H22N2O3S. The Morgan fingerprint density at radius 2 is 2.32 bits per heavy atom. The maximum absolute atomic E-state index is 12.8. The lowest BCUT2D eigenvalue weighted by Gasteiger charge is -2.30. The van der Waals surface area contributed by atoms with Crippen LogP contribution in [-0.2, 0) is 6.42 Å². The Balaban J connectivity index is 1.41. The average Bonchev–Trinajstić information content (AvgIpc) is 3.32. The van der Waals surface area contributed by atoms with Crippen molar-refractivity contribution >= 4 is 17.4 Å². The normalized spacial score (nSPS) is 22.2. The summed E-state index contributed by atoms with van der Waals surface area (Å²) in [6.45, 7) is 1.30. The first-order valence-electron chi connectivity index (χ1n) is 8.65. The molecule has 2 aliphatic rings. The number of methoxy groups -OCH3 is 1. The molecule has 2 atom stereocenters. The van der Waals surface area contributed by atoms with Crippen molar-refractivity contribution in [1.29, 1.82) is 0 Å². The molecular weight excluding hydrogens is 336 g/mol. The van der Waals surface area contributed by atoms with E-state index >= 15 is 0 Å². The molecule has 0 aliphatic carbocycles. The summed E-state index contributed by atoms with van der Waals surface area (Å²) in [5, 5.41) is 5.23. The topological polar surface area (TPSA) is 50.8 Å². The summed E-state index contributed by atoms with van der Waals surface area (Å²) in [6, 6.07) is 10.2. The van der Waals surface area contributed by atoms with E-state index in [4.69, 9.17) is 9.47 Å². The number of likely N-dealkylation sites (tertiary alicyclic amines) is 1. The van der Waals surface area contributed by atoms with E-state index in [0.717, 1.165) is 42.9 Å². The lowest BCUT2D eigenvalue weighted by Crippen LogP contribution is -2.48. The van der Waals surface area contributed by atoms with Gasteiger partial charge in [-0.2, -0.15) is 0 Å². The van der Waals surface area contributed by atoms with Crippen molar-refractivity contribution in [3.05, 3.63) is 46.2 Å². The molecule has 1 saturated heterocycles. The lowest BCUT2D eigenvalue weighted by molar-refractivity contribution is 0.177. The van der Waals surface area contributed by atoms with Crippen molar-refractivity contribution in [2.75, 3.05) is 20.3 Å². The standard InChI is InChI=1S/C19H22N2O3S/c1-23-15-7-6-13-10-14(12-24-17(13)11-15)20-19(22)21-8-2-4-16(21)18-5-3-9-25-18/h3,5-7,9,11,14,16H,2,4,8,10,12H2,1H3,(H,20,22). The van der Waals surface area contributed by atoms with Crippen molar-refractivity contribution < 1.29 is 14.3 Å². The van der Waals surface area contributed by atoms with Crippen LogP contribution in [0.4, 0.5) is 4.79 Å². The van der Waals surface area contributed by atoms with Crippen LogP contribution >= 0.6 is 11.3 Å². The minimum absolute atomic E-state index is 0.00187. The number of carbonyl (C=O) groups excluding carboxylic acids is 1. The predicted octanol–water partition coefficient (Wildman–Crippen LogP) is 3.61. The van der Waals surface area contributed by atoms with E-state index in [1.807, 2.05) is 23.1 Å². The van der Waals surface area contributed by atoms with Gasteiger partial charge in [-0.1, -0.05) is 12.1 Å². The number of rotatable bonds is 3. The molecule has 1 aromatic carbocycles. The maximum Gasteiger partial charge on any atom is 0.318 e. The summed E-state index contributed by atoms with van der Waals surface area (Å²) in [5.41, 5.74) is 1.11. The van der Waals surface area contributed by atoms with Crippen LogP contribution in [0.1, 0.15) is 29.3 Å². The summed E-state index contributed by atoms with van der Waals surface area (Å²) >= 11 is 1.72. The van der Waals surface area contributed by atoms with E-state index in [2.05, 4.69) is 22.8 Å². The number of thiophene rings is 1. The highest BCUT2D eigenvalue weighted by atomic mass is 32.1. The molecule has 0 spiro atoms. The Bertz CT molecular complexity index is 747. The van der Waals surface area contributed by atoms with Gasteiger partial charge in [0.25, 0.3) is 0 Å². The van der Waals surface area contributed by atoms with Gasteiger partial charge >= 0.3 is 6.03 Å². The fourth-order valence-electron chi connectivity index (χ4n) is 3.62. The molecule has 25 heavy (non-hydrogen) atoms. The molecule has 1 fully saturated rings. The van der Waals surface area contributed by atoms with Gasteiger partial charge in [0.1, 0.15) is 18.1 Å². The zero-order valence-corrected chi connectivity index (χ0v) is 15.1. The molecule has 2 aromatic rings. The number of nitrogens with zero attached hydrogens (tertiary/aromatic N) is 1. The first-order valence-corrected chi connectivity index (χ1v) is 9.53. The Kier molecular flexibility index (Phi) is 4.53. The second-order valence-corrected chi connectivity index (χ2v) is 7.48. The van der Waals surface area contributed by atoms with E-state index in [9.17, 15) is 4.79 Å². The van der Waals surface area contributed by atoms with Gasteiger partial charge in [0.15, 0.2) is 0 Å². The Morgan fingerprint density at radius 3 is 3.12 bits per heavy atom. The fraction of sp³-hybridized carbons (Fsp3) is 0.421. The van der Waals surface area contributed by atoms with Gasteiger partial charge in [-0.3, -0.25) is 0 Å². The van der Waals surface area contributed by atoms with Gasteiger partial charge in [0.05, 0.1) is 19.2 Å². The molecule has 2 amide bonds. The van der Waals surface area contributed by atoms with E-state index in [-0.39, 0.29) is 18.1 Å². The summed E-state index contributed by atoms with van der Waals surface area (Å²) in [7, 11) is 1.65. The molecule has 0 radical (unpaired) electrons. The highest BCUT2D eigenvalue weighted by Gasteiger charge is 2.32. The second kappa shape index (κ2) is 6.96. The number of urea groups is 1. The number of hydrogen-bond acceptors (Lipinski definition) is 4. The van der Waals surface area contributed by atoms with Gasteiger partial charge in [0.2, 0.25) is 0 Å². The summed E-state index contributed by atoms with van der Waals surface area (Å²) in [4.78, 5) is 16.0. The average molecular weight is 358 g/mol. The zero-order chi connectivity index (χ0) is 17.2. The van der Waals surface area contributed by atoms with Crippen molar-refractivity contribution in [2.45, 2.75) is 31.3 Å². The van der Waals surface area contributed by atoms with Crippen LogP contribution < -0.4 is 14.8 Å². The van der Waals surface area contributed by atoms with Crippen molar-refractivity contribution in [3.63, 3.8) is 0 Å². The predicted molar refractivity (Wildman–Crippen MR) is 97.5 cm³/mol. The first-order chi connectivity index (χ1) is 12.2. The molecule has 0 saturated carbocycles. The zero-order valence-electron chi connectivity index (χ0n) is 14.2. The number of benzene rings is 1. The second-order valence-electron chi connectivity index (χ2n) is 6.50. The van der Waals surface area contributed by atoms with Crippen LogP contribution in [0.3, 0.4) is 0 Å². The molecule has 5 nitrogen and oxygen atoms in total. The number of fused-ring (bicyclic) bond motifs is 1. The highest BCUT2D eigenvalue weighted by molar-refractivity contribution is 7.10. The van der Waals surface area contributed by atoms with E-state index in [1.54, 1.807) is 18.4 Å².